The molecule has 0 saturated carbocycles. The number of unbranched alkanes of at least 4 members (excludes halogenated alkanes) is 23. The molecule has 0 spiro atoms. The summed E-state index contributed by atoms with van der Waals surface area (Å²) < 4.78 is 69.7. The second-order valence-corrected chi connectivity index (χ2v) is 27.7. The van der Waals surface area contributed by atoms with Crippen LogP contribution in [0.15, 0.2) is 24.3 Å². The van der Waals surface area contributed by atoms with Gasteiger partial charge in [0.1, 0.15) is 73.7 Å². The van der Waals surface area contributed by atoms with Gasteiger partial charge in [-0.1, -0.05) is 141 Å². The molecule has 0 aromatic rings. The Balaban J connectivity index is 1.42. The van der Waals surface area contributed by atoms with Crippen molar-refractivity contribution in [1.29, 1.82) is 0 Å². The van der Waals surface area contributed by atoms with Crippen molar-refractivity contribution < 1.29 is 121 Å². The van der Waals surface area contributed by atoms with Crippen molar-refractivity contribution >= 4 is 37.5 Å². The monoisotopic (exact) mass is 1440 g/mol. The van der Waals surface area contributed by atoms with E-state index in [9.17, 15) is 74.3 Å². The van der Waals surface area contributed by atoms with E-state index in [1.807, 2.05) is 0 Å². The fraction of sp³-hybridized carbons (Fsp3) is 0.871. The Morgan fingerprint density at radius 3 is 1.49 bits per heavy atom. The molecule has 0 aromatic carbocycles. The van der Waals surface area contributed by atoms with Crippen molar-refractivity contribution in [2.75, 3.05) is 52.7 Å². The van der Waals surface area contributed by atoms with Crippen LogP contribution in [0.4, 0.5) is 0 Å². The van der Waals surface area contributed by atoms with E-state index in [4.69, 9.17) is 46.9 Å². The standard InChI is InChI=1S/C70H126N3O25P/c1-5-7-9-11-13-15-17-19-21-23-25-27-29-31-33-40-57(79)90-48-52(94-58(80)41-34-32-30-28-26-24-22-20-18-16-14-12-10-8-6-2)49-92-99(87,88)91-45-43-72-56(78)39-36-35-38-55(77)71-42-37-44-89-70-67(98-69-65(86)64(85)60(81)50(3)93-69)66(62(83)54(47-75)96-70)97-68-59(73-51(4)76)63(84)61(82)53(46-74)95-68/h19-22,50,52-54,59-70,74-75,81-86H,5-18,23-49H2,1-4H3,(H,71,77)(H,72,78)(H,73,76)(H,87,88)/t50?,52?,53?,54?,59?,60-,61+,62+,63-,64+,65?,66+,67?,68+,69+,70-/m1/s1. The summed E-state index contributed by atoms with van der Waals surface area (Å²) in [6.45, 7) is 3.69. The molecule has 29 heteroatoms. The minimum absolute atomic E-state index is 0.0139. The maximum absolute atomic E-state index is 13.0. The van der Waals surface area contributed by atoms with Crippen LogP contribution in [0.3, 0.4) is 0 Å². The maximum Gasteiger partial charge on any atom is 0.472 e. The second kappa shape index (κ2) is 54.1. The number of phosphoric ester groups is 1. The predicted octanol–water partition coefficient (Wildman–Crippen LogP) is 6.47. The number of carbonyl (C=O) groups excluding carboxylic acids is 5. The summed E-state index contributed by atoms with van der Waals surface area (Å²) in [5.74, 6) is -2.49. The minimum atomic E-state index is -4.74. The average molecular weight is 1440 g/mol. The molecule has 0 aromatic heterocycles. The summed E-state index contributed by atoms with van der Waals surface area (Å²) >= 11 is 0. The zero-order chi connectivity index (χ0) is 72.6. The van der Waals surface area contributed by atoms with Crippen LogP contribution in [-0.2, 0) is 75.5 Å². The average Bonchev–Trinajstić information content (AvgIpc) is 0.775. The fourth-order valence-corrected chi connectivity index (χ4v) is 12.4. The number of nitrogens with one attached hydrogen (secondary N) is 3. The molecule has 12 N–H and O–H groups in total. The second-order valence-electron chi connectivity index (χ2n) is 26.2. The van der Waals surface area contributed by atoms with Gasteiger partial charge in [0.05, 0.1) is 39.1 Å². The highest BCUT2D eigenvalue weighted by atomic mass is 31.2. The lowest BCUT2D eigenvalue weighted by Gasteiger charge is -2.49. The molecule has 3 aliphatic heterocycles. The molecule has 99 heavy (non-hydrogen) atoms. The van der Waals surface area contributed by atoms with E-state index in [1.165, 1.54) is 84.0 Å². The molecular weight excluding hydrogens is 1310 g/mol. The van der Waals surface area contributed by atoms with Crippen LogP contribution in [0, 0.1) is 0 Å². The van der Waals surface area contributed by atoms with E-state index in [2.05, 4.69) is 54.1 Å². The first-order valence-electron chi connectivity index (χ1n) is 36.9. The number of ether oxygens (including phenoxy) is 8. The van der Waals surface area contributed by atoms with Gasteiger partial charge in [-0.15, -0.1) is 0 Å². The summed E-state index contributed by atoms with van der Waals surface area (Å²) in [5.41, 5.74) is 0. The van der Waals surface area contributed by atoms with Crippen molar-refractivity contribution in [2.24, 2.45) is 0 Å². The Kier molecular flexibility index (Phi) is 48.9. The molecule has 17 atom stereocenters. The number of carbonyl (C=O) groups is 5. The third-order valence-corrected chi connectivity index (χ3v) is 18.5. The predicted molar refractivity (Wildman–Crippen MR) is 366 cm³/mol. The molecule has 28 nitrogen and oxygen atoms in total. The summed E-state index contributed by atoms with van der Waals surface area (Å²) in [6, 6.07) is -1.49. The van der Waals surface area contributed by atoms with Gasteiger partial charge in [0, 0.05) is 45.7 Å². The number of allylic oxidation sites excluding steroid dienone is 4. The van der Waals surface area contributed by atoms with E-state index in [0.29, 0.717) is 25.7 Å². The number of rotatable bonds is 57. The van der Waals surface area contributed by atoms with Crippen LogP contribution < -0.4 is 16.0 Å². The third-order valence-electron chi connectivity index (χ3n) is 17.5. The van der Waals surface area contributed by atoms with Crippen LogP contribution in [-0.4, -0.2) is 226 Å². The van der Waals surface area contributed by atoms with Gasteiger partial charge in [0.25, 0.3) is 0 Å². The first kappa shape index (κ1) is 89.6. The highest BCUT2D eigenvalue weighted by Crippen LogP contribution is 2.43. The Hall–Kier alpha value is -3.62. The Morgan fingerprint density at radius 2 is 0.960 bits per heavy atom. The molecule has 576 valence electrons. The highest BCUT2D eigenvalue weighted by Gasteiger charge is 2.54. The van der Waals surface area contributed by atoms with E-state index in [1.54, 1.807) is 0 Å². The molecule has 0 radical (unpaired) electrons. The Bertz CT molecular complexity index is 2280. The lowest BCUT2D eigenvalue weighted by molar-refractivity contribution is -0.385. The van der Waals surface area contributed by atoms with Crippen LogP contribution in [0.5, 0.6) is 0 Å². The zero-order valence-corrected chi connectivity index (χ0v) is 60.4. The number of phosphoric acid groups is 1. The topological polar surface area (TPSA) is 413 Å². The van der Waals surface area contributed by atoms with Crippen molar-refractivity contribution in [2.45, 2.75) is 338 Å². The summed E-state index contributed by atoms with van der Waals surface area (Å²) in [6.07, 6.45) is 15.2. The number of amides is 3. The van der Waals surface area contributed by atoms with Gasteiger partial charge >= 0.3 is 19.8 Å². The fourth-order valence-electron chi connectivity index (χ4n) is 11.6. The number of esters is 2. The van der Waals surface area contributed by atoms with E-state index in [-0.39, 0.29) is 64.3 Å². The van der Waals surface area contributed by atoms with Gasteiger partial charge in [-0.05, 0) is 90.4 Å². The molecule has 3 saturated heterocycles. The van der Waals surface area contributed by atoms with Crippen molar-refractivity contribution in [3.63, 3.8) is 0 Å². The molecule has 8 unspecified atom stereocenters. The summed E-state index contributed by atoms with van der Waals surface area (Å²) in [4.78, 5) is 73.9. The van der Waals surface area contributed by atoms with Crippen LogP contribution in [0.2, 0.25) is 0 Å². The quantitative estimate of drug-likeness (QED) is 0.0134. The van der Waals surface area contributed by atoms with E-state index in [0.717, 1.165) is 84.0 Å². The number of aliphatic hydroxyl groups is 8. The van der Waals surface area contributed by atoms with Crippen molar-refractivity contribution in [1.82, 2.24) is 16.0 Å². The Labute approximate surface area is 587 Å². The molecule has 3 fully saturated rings. The summed E-state index contributed by atoms with van der Waals surface area (Å²) in [7, 11) is -4.74. The number of aliphatic hydroxyl groups excluding tert-OH is 8. The van der Waals surface area contributed by atoms with Gasteiger partial charge in [-0.25, -0.2) is 4.57 Å². The first-order valence-corrected chi connectivity index (χ1v) is 38.4. The van der Waals surface area contributed by atoms with E-state index < -0.39 is 156 Å². The molecule has 3 heterocycles. The van der Waals surface area contributed by atoms with E-state index >= 15 is 0 Å². The number of hydrogen-bond donors (Lipinski definition) is 12. The smallest absolute Gasteiger partial charge is 0.462 e. The molecule has 3 amide bonds. The van der Waals surface area contributed by atoms with Gasteiger partial charge in [-0.2, -0.15) is 0 Å². The molecule has 0 bridgehead atoms. The van der Waals surface area contributed by atoms with Gasteiger partial charge in [0.15, 0.2) is 25.0 Å². The largest absolute Gasteiger partial charge is 0.472 e. The molecule has 3 aliphatic rings. The van der Waals surface area contributed by atoms with Gasteiger partial charge < -0.3 is 99.6 Å². The third kappa shape index (κ3) is 38.6. The van der Waals surface area contributed by atoms with Gasteiger partial charge in [-0.3, -0.25) is 33.0 Å². The minimum Gasteiger partial charge on any atom is -0.462 e. The molecule has 3 rings (SSSR count). The first-order chi connectivity index (χ1) is 47.7. The lowest BCUT2D eigenvalue weighted by atomic mass is 9.95. The van der Waals surface area contributed by atoms with Crippen molar-refractivity contribution in [3.05, 3.63) is 24.3 Å². The highest BCUT2D eigenvalue weighted by molar-refractivity contribution is 7.47. The van der Waals surface area contributed by atoms with Crippen molar-refractivity contribution in [3.8, 4) is 0 Å². The zero-order valence-electron chi connectivity index (χ0n) is 59.5. The number of hydrogen-bond acceptors (Lipinski definition) is 24. The SMILES string of the molecule is CCCCCCCCC=CCCCCCCCC(=O)OCC(COP(=O)(O)OCCNC(=O)CCCCC(=O)NCCCO[C@@H]1OC(CO)[C@H](O)[C@H](O[C@@H]2OC(CO)[C@H](O)[C@H](O)C2NC(C)=O)C1O[C@@H]1OC(C)[C@@H](O)[C@H](O)C1O)OC(=O)CCCCCCCC=CCCCCCCCC. The van der Waals surface area contributed by atoms with Crippen LogP contribution in [0.1, 0.15) is 240 Å². The summed E-state index contributed by atoms with van der Waals surface area (Å²) in [5, 5.41) is 92.7. The van der Waals surface area contributed by atoms with Crippen LogP contribution in [0.25, 0.3) is 0 Å². The van der Waals surface area contributed by atoms with Crippen LogP contribution >= 0.6 is 7.82 Å². The molecular formula is C70H126N3O25P. The normalized spacial score (nSPS) is 26.7. The van der Waals surface area contributed by atoms with Gasteiger partial charge in [0.2, 0.25) is 17.7 Å². The Morgan fingerprint density at radius 1 is 0.485 bits per heavy atom. The maximum atomic E-state index is 13.0. The lowest BCUT2D eigenvalue weighted by Crippen LogP contribution is -2.68. The molecule has 0 aliphatic carbocycles.